The monoisotopic (exact) mass is 280 g/mol. The molecule has 0 aromatic carbocycles. The Kier molecular flexibility index (Phi) is 6.76. The summed E-state index contributed by atoms with van der Waals surface area (Å²) >= 11 is 0. The summed E-state index contributed by atoms with van der Waals surface area (Å²) in [4.78, 5) is 22.0. The highest BCUT2D eigenvalue weighted by molar-refractivity contribution is 5.76. The molecule has 1 amide bonds. The molecule has 1 N–H and O–H groups in total. The summed E-state index contributed by atoms with van der Waals surface area (Å²) in [6, 6.07) is 1.71. The molecule has 0 aliphatic rings. The quantitative estimate of drug-likeness (QED) is 0.788. The van der Waals surface area contributed by atoms with Crippen LogP contribution in [0.15, 0.2) is 12.3 Å². The lowest BCUT2D eigenvalue weighted by Crippen LogP contribution is -2.31. The maximum absolute atomic E-state index is 11.8. The van der Waals surface area contributed by atoms with Crippen molar-refractivity contribution >= 4 is 11.9 Å². The highest BCUT2D eigenvalue weighted by atomic mass is 16.5. The molecule has 6 heteroatoms. The Balaban J connectivity index is 2.44. The van der Waals surface area contributed by atoms with Crippen LogP contribution in [-0.2, 0) is 4.79 Å². The van der Waals surface area contributed by atoms with Crippen molar-refractivity contribution in [1.82, 2.24) is 14.9 Å². The molecule has 0 unspecified atom stereocenters. The largest absolute Gasteiger partial charge is 0.475 e. The topological polar surface area (TPSA) is 67.4 Å². The van der Waals surface area contributed by atoms with Crippen molar-refractivity contribution in [3.8, 4) is 5.88 Å². The molecule has 0 saturated heterocycles. The van der Waals surface area contributed by atoms with E-state index in [0.717, 1.165) is 13.1 Å². The van der Waals surface area contributed by atoms with Gasteiger partial charge in [-0.25, -0.2) is 4.98 Å². The third kappa shape index (κ3) is 5.42. The summed E-state index contributed by atoms with van der Waals surface area (Å²) in [5.41, 5.74) is 0. The highest BCUT2D eigenvalue weighted by Gasteiger charge is 2.09. The zero-order valence-electron chi connectivity index (χ0n) is 12.7. The molecule has 0 spiro atoms. The van der Waals surface area contributed by atoms with Crippen molar-refractivity contribution in [2.75, 3.05) is 25.0 Å². The van der Waals surface area contributed by atoms with Crippen LogP contribution in [0.25, 0.3) is 0 Å². The second-order valence-electron chi connectivity index (χ2n) is 4.63. The molecule has 1 rings (SSSR count). The Hall–Kier alpha value is -1.85. The lowest BCUT2D eigenvalue weighted by atomic mass is 10.3. The number of hydrogen-bond donors (Lipinski definition) is 1. The summed E-state index contributed by atoms with van der Waals surface area (Å²) in [5, 5.41) is 3.04. The maximum Gasteiger partial charge on any atom is 0.225 e. The molecule has 0 aliphatic heterocycles. The number of rotatable bonds is 8. The number of hydrogen-bond acceptors (Lipinski definition) is 5. The molecule has 6 nitrogen and oxygen atoms in total. The lowest BCUT2D eigenvalue weighted by molar-refractivity contribution is -0.130. The third-order valence-electron chi connectivity index (χ3n) is 2.72. The van der Waals surface area contributed by atoms with Gasteiger partial charge in [-0.05, 0) is 27.7 Å². The minimum atomic E-state index is 0.0713. The highest BCUT2D eigenvalue weighted by Crippen LogP contribution is 2.10. The van der Waals surface area contributed by atoms with Crippen molar-refractivity contribution in [3.05, 3.63) is 12.3 Å². The Bertz CT molecular complexity index is 419. The van der Waals surface area contributed by atoms with Crippen LogP contribution in [0.1, 0.15) is 34.1 Å². The molecule has 112 valence electrons. The fraction of sp³-hybridized carbons (Fsp3) is 0.643. The number of nitrogens with zero attached hydrogens (tertiary/aromatic N) is 3. The van der Waals surface area contributed by atoms with Gasteiger partial charge in [0.2, 0.25) is 17.7 Å². The van der Waals surface area contributed by atoms with E-state index in [2.05, 4.69) is 15.3 Å². The summed E-state index contributed by atoms with van der Waals surface area (Å²) in [5.74, 6) is 1.15. The zero-order valence-corrected chi connectivity index (χ0v) is 12.7. The zero-order chi connectivity index (χ0) is 15.0. The van der Waals surface area contributed by atoms with E-state index in [0.29, 0.717) is 24.8 Å². The number of aromatic nitrogens is 2. The second kappa shape index (κ2) is 8.35. The van der Waals surface area contributed by atoms with Crippen molar-refractivity contribution in [2.45, 2.75) is 40.2 Å². The van der Waals surface area contributed by atoms with Crippen LogP contribution in [0.5, 0.6) is 5.88 Å². The minimum absolute atomic E-state index is 0.0713. The lowest BCUT2D eigenvalue weighted by Gasteiger charge is -2.18. The first-order chi connectivity index (χ1) is 9.56. The van der Waals surface area contributed by atoms with Gasteiger partial charge >= 0.3 is 0 Å². The van der Waals surface area contributed by atoms with Crippen LogP contribution in [0.4, 0.5) is 5.95 Å². The van der Waals surface area contributed by atoms with Crippen LogP contribution in [0.3, 0.4) is 0 Å². The first-order valence-electron chi connectivity index (χ1n) is 7.08. The molecule has 0 aliphatic carbocycles. The molecule has 20 heavy (non-hydrogen) atoms. The number of nitrogens with one attached hydrogen (secondary N) is 1. The normalized spacial score (nSPS) is 10.4. The number of anilines is 1. The van der Waals surface area contributed by atoms with E-state index in [4.69, 9.17) is 4.74 Å². The Labute approximate surface area is 120 Å². The number of carbonyl (C=O) groups excluding carboxylic acids is 1. The molecule has 1 aromatic rings. The van der Waals surface area contributed by atoms with Gasteiger partial charge in [-0.2, -0.15) is 4.98 Å². The van der Waals surface area contributed by atoms with Crippen LogP contribution in [0.2, 0.25) is 0 Å². The maximum atomic E-state index is 11.8. The Morgan fingerprint density at radius 1 is 1.40 bits per heavy atom. The third-order valence-corrected chi connectivity index (χ3v) is 2.72. The van der Waals surface area contributed by atoms with Crippen molar-refractivity contribution in [3.63, 3.8) is 0 Å². The molecule has 1 aromatic heterocycles. The molecule has 0 fully saturated rings. The van der Waals surface area contributed by atoms with Gasteiger partial charge in [0.25, 0.3) is 0 Å². The minimum Gasteiger partial charge on any atom is -0.475 e. The van der Waals surface area contributed by atoms with Gasteiger partial charge in [-0.15, -0.1) is 0 Å². The van der Waals surface area contributed by atoms with Gasteiger partial charge in [0.15, 0.2) is 0 Å². The molecule has 0 bridgehead atoms. The van der Waals surface area contributed by atoms with Gasteiger partial charge < -0.3 is 15.0 Å². The van der Waals surface area contributed by atoms with E-state index in [1.807, 2.05) is 27.7 Å². The van der Waals surface area contributed by atoms with Crippen LogP contribution >= 0.6 is 0 Å². The van der Waals surface area contributed by atoms with Gasteiger partial charge in [0, 0.05) is 38.3 Å². The number of amides is 1. The SMILES string of the molecule is CCN(CC)C(=O)CCNc1nccc(OC(C)C)n1. The van der Waals surface area contributed by atoms with Gasteiger partial charge in [-0.1, -0.05) is 0 Å². The van der Waals surface area contributed by atoms with Gasteiger partial charge in [-0.3, -0.25) is 4.79 Å². The van der Waals surface area contributed by atoms with E-state index in [-0.39, 0.29) is 12.0 Å². The second-order valence-corrected chi connectivity index (χ2v) is 4.63. The van der Waals surface area contributed by atoms with E-state index in [9.17, 15) is 4.79 Å². The predicted octanol–water partition coefficient (Wildman–Crippen LogP) is 1.93. The number of ether oxygens (including phenoxy) is 1. The molecular formula is C14H24N4O2. The van der Waals surface area contributed by atoms with E-state index < -0.39 is 0 Å². The Morgan fingerprint density at radius 2 is 2.10 bits per heavy atom. The average Bonchev–Trinajstić information content (AvgIpc) is 2.40. The van der Waals surface area contributed by atoms with E-state index >= 15 is 0 Å². The van der Waals surface area contributed by atoms with Crippen LogP contribution in [-0.4, -0.2) is 46.5 Å². The predicted molar refractivity (Wildman–Crippen MR) is 78.8 cm³/mol. The molecular weight excluding hydrogens is 256 g/mol. The van der Waals surface area contributed by atoms with Gasteiger partial charge in [0.05, 0.1) is 6.10 Å². The number of carbonyl (C=O) groups is 1. The van der Waals surface area contributed by atoms with E-state index in [1.165, 1.54) is 0 Å². The van der Waals surface area contributed by atoms with Crippen LogP contribution in [0, 0.1) is 0 Å². The average molecular weight is 280 g/mol. The van der Waals surface area contributed by atoms with Crippen molar-refractivity contribution in [1.29, 1.82) is 0 Å². The summed E-state index contributed by atoms with van der Waals surface area (Å²) in [6.45, 7) is 9.83. The first kappa shape index (κ1) is 16.2. The molecule has 0 saturated carbocycles. The van der Waals surface area contributed by atoms with Crippen molar-refractivity contribution in [2.24, 2.45) is 0 Å². The fourth-order valence-electron chi connectivity index (χ4n) is 1.75. The van der Waals surface area contributed by atoms with Gasteiger partial charge in [0.1, 0.15) is 0 Å². The van der Waals surface area contributed by atoms with Crippen LogP contribution < -0.4 is 10.1 Å². The standard InChI is InChI=1S/C14H24N4O2/c1-5-18(6-2)13(19)8-10-16-14-15-9-7-12(17-14)20-11(3)4/h7,9,11H,5-6,8,10H2,1-4H3,(H,15,16,17). The smallest absolute Gasteiger partial charge is 0.225 e. The summed E-state index contributed by atoms with van der Waals surface area (Å²) < 4.78 is 5.49. The van der Waals surface area contributed by atoms with Crippen molar-refractivity contribution < 1.29 is 9.53 Å². The summed E-state index contributed by atoms with van der Waals surface area (Å²) in [6.07, 6.45) is 2.14. The molecule has 0 radical (unpaired) electrons. The Morgan fingerprint density at radius 3 is 2.70 bits per heavy atom. The summed E-state index contributed by atoms with van der Waals surface area (Å²) in [7, 11) is 0. The fourth-order valence-corrected chi connectivity index (χ4v) is 1.75. The molecule has 1 heterocycles. The first-order valence-corrected chi connectivity index (χ1v) is 7.08. The van der Waals surface area contributed by atoms with E-state index in [1.54, 1.807) is 17.2 Å². The molecule has 0 atom stereocenters.